The molecule has 1 aliphatic heterocycles. The minimum Gasteiger partial charge on any atom is -0.495 e. The van der Waals surface area contributed by atoms with Crippen molar-refractivity contribution in [3.05, 3.63) is 53.1 Å². The van der Waals surface area contributed by atoms with Crippen molar-refractivity contribution < 1.29 is 28.9 Å². The fraction of sp³-hybridized carbons (Fsp3) is 0.263. The molecule has 0 saturated carbocycles. The van der Waals surface area contributed by atoms with Gasteiger partial charge in [-0.1, -0.05) is 29.8 Å². The molecule has 0 saturated heterocycles. The number of hydrogen-bond acceptors (Lipinski definition) is 5. The molecule has 2 N–H and O–H groups in total. The van der Waals surface area contributed by atoms with Gasteiger partial charge in [0.1, 0.15) is 11.9 Å². The van der Waals surface area contributed by atoms with Crippen LogP contribution < -0.4 is 19.5 Å². The Bertz CT molecular complexity index is 871. The average molecular weight is 392 g/mol. The van der Waals surface area contributed by atoms with Crippen LogP contribution in [0.5, 0.6) is 17.2 Å². The molecule has 142 valence electrons. The first-order valence-electron chi connectivity index (χ1n) is 8.19. The molecule has 3 unspecified atom stereocenters. The van der Waals surface area contributed by atoms with Gasteiger partial charge in [-0.25, -0.2) is 4.79 Å². The molecule has 2 aromatic rings. The summed E-state index contributed by atoms with van der Waals surface area (Å²) in [5.41, 5.74) is 0.312. The summed E-state index contributed by atoms with van der Waals surface area (Å²) in [5.74, 6) is -0.461. The molecule has 3 rings (SSSR count). The highest BCUT2D eigenvalue weighted by Crippen LogP contribution is 2.34. The second kappa shape index (κ2) is 7.75. The van der Waals surface area contributed by atoms with Crippen LogP contribution in [0.4, 0.5) is 0 Å². The normalized spacial score (nSPS) is 19.1. The van der Waals surface area contributed by atoms with Crippen molar-refractivity contribution in [1.29, 1.82) is 0 Å². The third-order valence-electron chi connectivity index (χ3n) is 4.14. The second-order valence-corrected chi connectivity index (χ2v) is 6.39. The van der Waals surface area contributed by atoms with E-state index in [0.29, 0.717) is 22.8 Å². The smallest absolute Gasteiger partial charge is 0.330 e. The lowest BCUT2D eigenvalue weighted by molar-refractivity contribution is -0.144. The molecule has 0 aromatic heterocycles. The van der Waals surface area contributed by atoms with Crippen LogP contribution >= 0.6 is 11.6 Å². The van der Waals surface area contributed by atoms with Gasteiger partial charge in [-0.3, -0.25) is 4.79 Å². The van der Waals surface area contributed by atoms with Gasteiger partial charge in [-0.2, -0.15) is 0 Å². The van der Waals surface area contributed by atoms with E-state index >= 15 is 0 Å². The molecule has 1 heterocycles. The SMILES string of the molecule is COc1ccc(C(NC(=O)C2Oc3ccccc3OC2C)C(=O)O)cc1Cl. The Morgan fingerprint density at radius 3 is 2.44 bits per heavy atom. The topological polar surface area (TPSA) is 94.1 Å². The van der Waals surface area contributed by atoms with Crippen LogP contribution in [0.3, 0.4) is 0 Å². The number of para-hydroxylation sites is 2. The number of hydrogen-bond donors (Lipinski definition) is 2. The first-order valence-corrected chi connectivity index (χ1v) is 8.57. The fourth-order valence-corrected chi connectivity index (χ4v) is 3.05. The number of fused-ring (bicyclic) bond motifs is 1. The molecule has 0 fully saturated rings. The van der Waals surface area contributed by atoms with Gasteiger partial charge in [0.15, 0.2) is 17.5 Å². The molecule has 7 nitrogen and oxygen atoms in total. The van der Waals surface area contributed by atoms with E-state index in [1.165, 1.54) is 19.2 Å². The maximum absolute atomic E-state index is 12.7. The minimum atomic E-state index is -1.30. The summed E-state index contributed by atoms with van der Waals surface area (Å²) in [5, 5.41) is 12.3. The number of carbonyl (C=O) groups excluding carboxylic acids is 1. The Hall–Kier alpha value is -2.93. The summed E-state index contributed by atoms with van der Waals surface area (Å²) in [6, 6.07) is 10.2. The van der Waals surface area contributed by atoms with Crippen LogP contribution in [-0.4, -0.2) is 36.3 Å². The number of amides is 1. The van der Waals surface area contributed by atoms with E-state index in [1.807, 2.05) is 0 Å². The molecule has 0 bridgehead atoms. The predicted octanol–water partition coefficient (Wildman–Crippen LogP) is 2.82. The Kier molecular flexibility index (Phi) is 5.41. The lowest BCUT2D eigenvalue weighted by atomic mass is 10.1. The third-order valence-corrected chi connectivity index (χ3v) is 4.44. The van der Waals surface area contributed by atoms with Crippen molar-refractivity contribution in [2.45, 2.75) is 25.2 Å². The number of halogens is 1. The molecule has 0 radical (unpaired) electrons. The Morgan fingerprint density at radius 2 is 1.85 bits per heavy atom. The van der Waals surface area contributed by atoms with Gasteiger partial charge in [0.05, 0.1) is 12.1 Å². The first-order chi connectivity index (χ1) is 12.9. The van der Waals surface area contributed by atoms with Crippen molar-refractivity contribution >= 4 is 23.5 Å². The number of benzene rings is 2. The van der Waals surface area contributed by atoms with E-state index in [2.05, 4.69) is 5.32 Å². The summed E-state index contributed by atoms with van der Waals surface area (Å²) in [6.45, 7) is 1.68. The van der Waals surface area contributed by atoms with Crippen LogP contribution in [0.25, 0.3) is 0 Å². The van der Waals surface area contributed by atoms with Gasteiger partial charge in [-0.05, 0) is 36.8 Å². The summed E-state index contributed by atoms with van der Waals surface area (Å²) >= 11 is 6.07. The van der Waals surface area contributed by atoms with Gasteiger partial charge in [0.2, 0.25) is 6.10 Å². The minimum absolute atomic E-state index is 0.245. The number of carboxylic acids is 1. The predicted molar refractivity (Wildman–Crippen MR) is 97.5 cm³/mol. The van der Waals surface area contributed by atoms with Crippen molar-refractivity contribution in [1.82, 2.24) is 5.32 Å². The highest BCUT2D eigenvalue weighted by molar-refractivity contribution is 6.32. The number of methoxy groups -OCH3 is 1. The summed E-state index contributed by atoms with van der Waals surface area (Å²) in [7, 11) is 1.46. The lowest BCUT2D eigenvalue weighted by Crippen LogP contribution is -2.50. The molecular formula is C19H18ClNO6. The molecule has 8 heteroatoms. The standard InChI is InChI=1S/C19H18ClNO6/c1-10-17(27-15-6-4-3-5-14(15)26-10)18(22)21-16(19(23)24)11-7-8-13(25-2)12(20)9-11/h3-10,16-17H,1-2H3,(H,21,22)(H,23,24). The largest absolute Gasteiger partial charge is 0.495 e. The number of carbonyl (C=O) groups is 2. The number of carboxylic acid groups (broad SMARTS) is 1. The maximum Gasteiger partial charge on any atom is 0.330 e. The van der Waals surface area contributed by atoms with Gasteiger partial charge in [0.25, 0.3) is 5.91 Å². The van der Waals surface area contributed by atoms with E-state index in [1.54, 1.807) is 37.3 Å². The van der Waals surface area contributed by atoms with Crippen molar-refractivity contribution in [2.24, 2.45) is 0 Å². The Morgan fingerprint density at radius 1 is 1.19 bits per heavy atom. The third kappa shape index (κ3) is 3.93. The Balaban J connectivity index is 1.80. The van der Waals surface area contributed by atoms with E-state index in [9.17, 15) is 14.7 Å². The number of nitrogens with one attached hydrogen (secondary N) is 1. The van der Waals surface area contributed by atoms with E-state index in [-0.39, 0.29) is 5.02 Å². The zero-order valence-corrected chi connectivity index (χ0v) is 15.4. The van der Waals surface area contributed by atoms with Crippen LogP contribution in [0.1, 0.15) is 18.5 Å². The molecule has 0 aliphatic carbocycles. The summed E-state index contributed by atoms with van der Waals surface area (Å²) in [6.07, 6.45) is -1.58. The van der Waals surface area contributed by atoms with Gasteiger partial charge >= 0.3 is 5.97 Å². The summed E-state index contributed by atoms with van der Waals surface area (Å²) in [4.78, 5) is 24.4. The lowest BCUT2D eigenvalue weighted by Gasteiger charge is -2.31. The van der Waals surface area contributed by atoms with E-state index in [4.69, 9.17) is 25.8 Å². The van der Waals surface area contributed by atoms with Gasteiger partial charge in [-0.15, -0.1) is 0 Å². The zero-order chi connectivity index (χ0) is 19.6. The molecule has 2 aromatic carbocycles. The van der Waals surface area contributed by atoms with Crippen molar-refractivity contribution in [3.8, 4) is 17.2 Å². The molecule has 1 amide bonds. The van der Waals surface area contributed by atoms with Crippen molar-refractivity contribution in [2.75, 3.05) is 7.11 Å². The molecular weight excluding hydrogens is 374 g/mol. The molecule has 27 heavy (non-hydrogen) atoms. The van der Waals surface area contributed by atoms with Crippen LogP contribution in [-0.2, 0) is 9.59 Å². The van der Waals surface area contributed by atoms with Crippen LogP contribution in [0.15, 0.2) is 42.5 Å². The van der Waals surface area contributed by atoms with Crippen LogP contribution in [0.2, 0.25) is 5.02 Å². The Labute approximate surface area is 160 Å². The van der Waals surface area contributed by atoms with Crippen LogP contribution in [0, 0.1) is 0 Å². The highest BCUT2D eigenvalue weighted by atomic mass is 35.5. The second-order valence-electron chi connectivity index (χ2n) is 5.98. The quantitative estimate of drug-likeness (QED) is 0.814. The number of ether oxygens (including phenoxy) is 3. The summed E-state index contributed by atoms with van der Waals surface area (Å²) < 4.78 is 16.5. The van der Waals surface area contributed by atoms with Crippen molar-refractivity contribution in [3.63, 3.8) is 0 Å². The highest BCUT2D eigenvalue weighted by Gasteiger charge is 2.36. The molecule has 3 atom stereocenters. The number of rotatable bonds is 5. The average Bonchev–Trinajstić information content (AvgIpc) is 2.65. The van der Waals surface area contributed by atoms with E-state index < -0.39 is 30.1 Å². The molecule has 1 aliphatic rings. The van der Waals surface area contributed by atoms with Gasteiger partial charge in [0, 0.05) is 0 Å². The zero-order valence-electron chi connectivity index (χ0n) is 14.6. The monoisotopic (exact) mass is 391 g/mol. The van der Waals surface area contributed by atoms with Gasteiger partial charge < -0.3 is 24.6 Å². The first kappa shape index (κ1) is 18.8. The maximum atomic E-state index is 12.7. The molecule has 0 spiro atoms. The van der Waals surface area contributed by atoms with E-state index in [0.717, 1.165) is 0 Å². The number of aliphatic carboxylic acids is 1. The fourth-order valence-electron chi connectivity index (χ4n) is 2.78.